The maximum atomic E-state index is 13.1. The monoisotopic (exact) mass is 411 g/mol. The summed E-state index contributed by atoms with van der Waals surface area (Å²) in [4.78, 5) is 4.78. The van der Waals surface area contributed by atoms with Crippen LogP contribution in [-0.4, -0.2) is 4.98 Å². The highest BCUT2D eigenvalue weighted by Gasteiger charge is 2.31. The SMILES string of the molecule is CC(Nc1ccc(C(F)(F)F)cc1NCc1cnc(Cl)s1)c1ccccc1. The number of hydrogen-bond donors (Lipinski definition) is 2. The quantitative estimate of drug-likeness (QED) is 0.479. The summed E-state index contributed by atoms with van der Waals surface area (Å²) in [6.07, 6.45) is -2.80. The lowest BCUT2D eigenvalue weighted by Gasteiger charge is -2.20. The third-order valence-electron chi connectivity index (χ3n) is 4.00. The van der Waals surface area contributed by atoms with Crippen LogP contribution in [0.15, 0.2) is 54.7 Å². The molecule has 142 valence electrons. The first-order valence-corrected chi connectivity index (χ1v) is 9.39. The summed E-state index contributed by atoms with van der Waals surface area (Å²) in [6.45, 7) is 2.29. The van der Waals surface area contributed by atoms with Gasteiger partial charge in [-0.05, 0) is 30.7 Å². The first-order chi connectivity index (χ1) is 12.8. The molecule has 0 radical (unpaired) electrons. The van der Waals surface area contributed by atoms with E-state index in [2.05, 4.69) is 15.6 Å². The molecule has 0 amide bonds. The maximum absolute atomic E-state index is 13.1. The Labute approximate surface area is 164 Å². The molecule has 0 aliphatic rings. The molecule has 2 aromatic carbocycles. The fourth-order valence-corrected chi connectivity index (χ4v) is 3.52. The van der Waals surface area contributed by atoms with Crippen molar-refractivity contribution >= 4 is 34.3 Å². The van der Waals surface area contributed by atoms with E-state index in [1.54, 1.807) is 6.20 Å². The highest BCUT2D eigenvalue weighted by molar-refractivity contribution is 7.15. The standard InChI is InChI=1S/C19H17ClF3N3S/c1-12(13-5-3-2-4-6-13)26-16-8-7-14(19(21,22)23)9-17(16)24-10-15-11-25-18(20)27-15/h2-9,11-12,24,26H,10H2,1H3. The second kappa shape index (κ2) is 8.19. The highest BCUT2D eigenvalue weighted by Crippen LogP contribution is 2.35. The molecule has 0 aliphatic carbocycles. The Bertz CT molecular complexity index is 897. The van der Waals surface area contributed by atoms with Crippen LogP contribution < -0.4 is 10.6 Å². The molecular formula is C19H17ClF3N3S. The van der Waals surface area contributed by atoms with Crippen LogP contribution in [0.4, 0.5) is 24.5 Å². The van der Waals surface area contributed by atoms with Crippen molar-refractivity contribution in [3.8, 4) is 0 Å². The van der Waals surface area contributed by atoms with Crippen LogP contribution in [0.1, 0.15) is 29.0 Å². The predicted octanol–water partition coefficient (Wildman–Crippen LogP) is 6.60. The maximum Gasteiger partial charge on any atom is 0.416 e. The predicted molar refractivity (Wildman–Crippen MR) is 104 cm³/mol. The van der Waals surface area contributed by atoms with Crippen LogP contribution >= 0.6 is 22.9 Å². The van der Waals surface area contributed by atoms with E-state index in [-0.39, 0.29) is 6.04 Å². The fraction of sp³-hybridized carbons (Fsp3) is 0.211. The molecule has 3 aromatic rings. The zero-order chi connectivity index (χ0) is 19.4. The van der Waals surface area contributed by atoms with Gasteiger partial charge in [0, 0.05) is 17.1 Å². The third-order valence-corrected chi connectivity index (χ3v) is 5.11. The van der Waals surface area contributed by atoms with Gasteiger partial charge in [-0.25, -0.2) is 4.98 Å². The van der Waals surface area contributed by atoms with Crippen LogP contribution in [0.3, 0.4) is 0 Å². The lowest BCUT2D eigenvalue weighted by Crippen LogP contribution is -2.11. The van der Waals surface area contributed by atoms with Crippen LogP contribution in [0.5, 0.6) is 0 Å². The van der Waals surface area contributed by atoms with Crippen molar-refractivity contribution in [3.63, 3.8) is 0 Å². The molecule has 3 rings (SSSR count). The number of benzene rings is 2. The number of aromatic nitrogens is 1. The van der Waals surface area contributed by atoms with Crippen LogP contribution in [0.2, 0.25) is 4.47 Å². The molecule has 0 saturated heterocycles. The van der Waals surface area contributed by atoms with Gasteiger partial charge in [-0.3, -0.25) is 0 Å². The molecule has 0 spiro atoms. The molecule has 0 saturated carbocycles. The van der Waals surface area contributed by atoms with Crippen LogP contribution in [0, 0.1) is 0 Å². The Kier molecular flexibility index (Phi) is 5.92. The van der Waals surface area contributed by atoms with Crippen molar-refractivity contribution in [1.82, 2.24) is 4.98 Å². The van der Waals surface area contributed by atoms with Crippen LogP contribution in [0.25, 0.3) is 0 Å². The van der Waals surface area contributed by atoms with E-state index in [9.17, 15) is 13.2 Å². The van der Waals surface area contributed by atoms with Gasteiger partial charge in [0.05, 0.1) is 23.5 Å². The summed E-state index contributed by atoms with van der Waals surface area (Å²) in [5.41, 5.74) is 1.30. The molecule has 3 nitrogen and oxygen atoms in total. The van der Waals surface area contributed by atoms with Gasteiger partial charge in [-0.15, -0.1) is 11.3 Å². The second-order valence-corrected chi connectivity index (χ2v) is 7.67. The average Bonchev–Trinajstić information content (AvgIpc) is 3.06. The summed E-state index contributed by atoms with van der Waals surface area (Å²) in [6, 6.07) is 13.3. The Morgan fingerprint density at radius 2 is 1.85 bits per heavy atom. The van der Waals surface area contributed by atoms with Crippen molar-refractivity contribution in [2.24, 2.45) is 0 Å². The third kappa shape index (κ3) is 5.14. The van der Waals surface area contributed by atoms with Crippen molar-refractivity contribution in [3.05, 3.63) is 75.2 Å². The molecule has 2 N–H and O–H groups in total. The number of alkyl halides is 3. The summed E-state index contributed by atoms with van der Waals surface area (Å²) < 4.78 is 39.8. The fourth-order valence-electron chi connectivity index (χ4n) is 2.60. The van der Waals surface area contributed by atoms with Gasteiger partial charge >= 0.3 is 6.18 Å². The minimum atomic E-state index is -4.41. The van der Waals surface area contributed by atoms with Gasteiger partial charge in [0.2, 0.25) is 0 Å². The number of hydrogen-bond acceptors (Lipinski definition) is 4. The molecule has 1 aromatic heterocycles. The van der Waals surface area contributed by atoms with Crippen molar-refractivity contribution < 1.29 is 13.2 Å². The van der Waals surface area contributed by atoms with Crippen molar-refractivity contribution in [2.75, 3.05) is 10.6 Å². The lowest BCUT2D eigenvalue weighted by molar-refractivity contribution is -0.137. The van der Waals surface area contributed by atoms with Gasteiger partial charge in [-0.2, -0.15) is 13.2 Å². The highest BCUT2D eigenvalue weighted by atomic mass is 35.5. The van der Waals surface area contributed by atoms with Crippen molar-refractivity contribution in [1.29, 1.82) is 0 Å². The van der Waals surface area contributed by atoms with E-state index in [0.29, 0.717) is 22.4 Å². The minimum Gasteiger partial charge on any atom is -0.378 e. The topological polar surface area (TPSA) is 37.0 Å². The molecule has 0 bridgehead atoms. The van der Waals surface area contributed by atoms with E-state index in [0.717, 1.165) is 22.6 Å². The average molecular weight is 412 g/mol. The zero-order valence-corrected chi connectivity index (χ0v) is 15.9. The van der Waals surface area contributed by atoms with E-state index in [1.165, 1.54) is 17.4 Å². The summed E-state index contributed by atoms with van der Waals surface area (Å²) >= 11 is 7.10. The normalized spacial score (nSPS) is 12.6. The summed E-state index contributed by atoms with van der Waals surface area (Å²) in [7, 11) is 0. The Morgan fingerprint density at radius 1 is 1.11 bits per heavy atom. The Balaban J connectivity index is 1.84. The van der Waals surface area contributed by atoms with Gasteiger partial charge < -0.3 is 10.6 Å². The molecule has 0 fully saturated rings. The molecule has 27 heavy (non-hydrogen) atoms. The summed E-state index contributed by atoms with van der Waals surface area (Å²) in [5.74, 6) is 0. The molecule has 1 atom stereocenters. The first kappa shape index (κ1) is 19.5. The number of nitrogens with zero attached hydrogens (tertiary/aromatic N) is 1. The van der Waals surface area contributed by atoms with E-state index in [4.69, 9.17) is 11.6 Å². The van der Waals surface area contributed by atoms with Gasteiger partial charge in [0.1, 0.15) is 0 Å². The zero-order valence-electron chi connectivity index (χ0n) is 14.3. The van der Waals surface area contributed by atoms with Gasteiger partial charge in [0.15, 0.2) is 4.47 Å². The smallest absolute Gasteiger partial charge is 0.378 e. The molecular weight excluding hydrogens is 395 g/mol. The Hall–Kier alpha value is -2.25. The molecule has 1 unspecified atom stereocenters. The second-order valence-electron chi connectivity index (χ2n) is 5.97. The number of rotatable bonds is 6. The van der Waals surface area contributed by atoms with Gasteiger partial charge in [0.25, 0.3) is 0 Å². The van der Waals surface area contributed by atoms with E-state index in [1.807, 2.05) is 37.3 Å². The first-order valence-electron chi connectivity index (χ1n) is 8.20. The van der Waals surface area contributed by atoms with Crippen LogP contribution in [-0.2, 0) is 12.7 Å². The molecule has 1 heterocycles. The number of anilines is 2. The number of halogens is 4. The Morgan fingerprint density at radius 3 is 2.48 bits per heavy atom. The van der Waals surface area contributed by atoms with Crippen molar-refractivity contribution in [2.45, 2.75) is 25.7 Å². The van der Waals surface area contributed by atoms with Gasteiger partial charge in [-0.1, -0.05) is 41.9 Å². The van der Waals surface area contributed by atoms with E-state index >= 15 is 0 Å². The molecule has 8 heteroatoms. The molecule has 0 aliphatic heterocycles. The lowest BCUT2D eigenvalue weighted by atomic mass is 10.1. The minimum absolute atomic E-state index is 0.0682. The number of nitrogens with one attached hydrogen (secondary N) is 2. The van der Waals surface area contributed by atoms with E-state index < -0.39 is 11.7 Å². The number of thiazole rings is 1. The largest absolute Gasteiger partial charge is 0.416 e. The summed E-state index contributed by atoms with van der Waals surface area (Å²) in [5, 5.41) is 6.34.